The lowest BCUT2D eigenvalue weighted by atomic mass is 10.0. The van der Waals surface area contributed by atoms with E-state index in [1.54, 1.807) is 13.1 Å². The molecule has 0 saturated heterocycles. The Morgan fingerprint density at radius 1 is 1.41 bits per heavy atom. The number of carboxylic acid groups (broad SMARTS) is 1. The Labute approximate surface area is 101 Å². The third-order valence-electron chi connectivity index (χ3n) is 2.74. The number of pyridine rings is 1. The largest absolute Gasteiger partial charge is 0.481 e. The average Bonchev–Trinajstić information content (AvgIpc) is 2.28. The molecule has 0 aliphatic carbocycles. The van der Waals surface area contributed by atoms with Gasteiger partial charge in [-0.15, -0.1) is 0 Å². The summed E-state index contributed by atoms with van der Waals surface area (Å²) in [7, 11) is 3.84. The molecule has 94 valence electrons. The van der Waals surface area contributed by atoms with Gasteiger partial charge in [-0.05, 0) is 26.0 Å². The van der Waals surface area contributed by atoms with E-state index in [0.29, 0.717) is 0 Å². The number of rotatable bonds is 5. The van der Waals surface area contributed by atoms with Crippen LogP contribution in [-0.4, -0.2) is 36.2 Å². The van der Waals surface area contributed by atoms with Crippen LogP contribution in [0.5, 0.6) is 0 Å². The minimum Gasteiger partial charge on any atom is -0.481 e. The summed E-state index contributed by atoms with van der Waals surface area (Å²) in [6.07, 6.45) is 1.71. The third-order valence-corrected chi connectivity index (χ3v) is 2.74. The van der Waals surface area contributed by atoms with E-state index in [1.807, 2.05) is 38.1 Å². The number of aromatic nitrogens is 1. The second-order valence-electron chi connectivity index (χ2n) is 4.36. The third kappa shape index (κ3) is 3.62. The molecule has 2 N–H and O–H groups in total. The van der Waals surface area contributed by atoms with Crippen molar-refractivity contribution in [3.05, 3.63) is 18.3 Å². The normalized spacial score (nSPS) is 13.9. The fraction of sp³-hybridized carbons (Fsp3) is 0.500. The molecule has 0 aromatic carbocycles. The predicted octanol–water partition coefficient (Wildman–Crippen LogP) is 1.67. The van der Waals surface area contributed by atoms with Gasteiger partial charge in [-0.25, -0.2) is 4.98 Å². The number of hydrogen-bond acceptors (Lipinski definition) is 4. The SMILES string of the molecule is CC(Nc1ccc(N(C)C)nc1)C(C)C(=O)O. The highest BCUT2D eigenvalue weighted by molar-refractivity contribution is 5.71. The minimum absolute atomic E-state index is 0.139. The van der Waals surface area contributed by atoms with Crippen LogP contribution in [0, 0.1) is 5.92 Å². The van der Waals surface area contributed by atoms with Crippen molar-refractivity contribution in [1.29, 1.82) is 0 Å². The molecular weight excluding hydrogens is 218 g/mol. The minimum atomic E-state index is -0.803. The van der Waals surface area contributed by atoms with Gasteiger partial charge >= 0.3 is 5.97 Å². The molecule has 0 saturated carbocycles. The van der Waals surface area contributed by atoms with Crippen molar-refractivity contribution in [2.24, 2.45) is 5.92 Å². The Hall–Kier alpha value is -1.78. The van der Waals surface area contributed by atoms with E-state index >= 15 is 0 Å². The molecule has 0 bridgehead atoms. The Morgan fingerprint density at radius 3 is 2.47 bits per heavy atom. The maximum Gasteiger partial charge on any atom is 0.308 e. The number of carboxylic acids is 1. The topological polar surface area (TPSA) is 65.5 Å². The highest BCUT2D eigenvalue weighted by Gasteiger charge is 2.18. The van der Waals surface area contributed by atoms with Gasteiger partial charge in [0.15, 0.2) is 0 Å². The molecule has 17 heavy (non-hydrogen) atoms. The number of anilines is 2. The molecule has 2 unspecified atom stereocenters. The molecule has 1 rings (SSSR count). The molecule has 1 heterocycles. The van der Waals surface area contributed by atoms with Gasteiger partial charge in [-0.2, -0.15) is 0 Å². The van der Waals surface area contributed by atoms with Crippen LogP contribution in [0.4, 0.5) is 11.5 Å². The first-order valence-corrected chi connectivity index (χ1v) is 5.54. The second kappa shape index (κ2) is 5.52. The molecule has 2 atom stereocenters. The van der Waals surface area contributed by atoms with Crippen LogP contribution in [0.25, 0.3) is 0 Å². The van der Waals surface area contributed by atoms with Crippen LogP contribution in [0.1, 0.15) is 13.8 Å². The smallest absolute Gasteiger partial charge is 0.308 e. The van der Waals surface area contributed by atoms with Crippen molar-refractivity contribution >= 4 is 17.5 Å². The van der Waals surface area contributed by atoms with Crippen molar-refractivity contribution in [3.8, 4) is 0 Å². The maximum atomic E-state index is 10.8. The van der Waals surface area contributed by atoms with Crippen LogP contribution < -0.4 is 10.2 Å². The number of nitrogens with one attached hydrogen (secondary N) is 1. The lowest BCUT2D eigenvalue weighted by Crippen LogP contribution is -2.29. The van der Waals surface area contributed by atoms with E-state index in [4.69, 9.17) is 5.11 Å². The Morgan fingerprint density at radius 2 is 2.06 bits per heavy atom. The lowest BCUT2D eigenvalue weighted by molar-refractivity contribution is -0.141. The zero-order valence-electron chi connectivity index (χ0n) is 10.6. The molecule has 0 aliphatic rings. The highest BCUT2D eigenvalue weighted by atomic mass is 16.4. The molecule has 0 spiro atoms. The van der Waals surface area contributed by atoms with E-state index in [2.05, 4.69) is 10.3 Å². The summed E-state index contributed by atoms with van der Waals surface area (Å²) >= 11 is 0. The molecule has 1 aromatic heterocycles. The van der Waals surface area contributed by atoms with Crippen LogP contribution >= 0.6 is 0 Å². The number of nitrogens with zero attached hydrogens (tertiary/aromatic N) is 2. The van der Waals surface area contributed by atoms with Crippen LogP contribution in [0.15, 0.2) is 18.3 Å². The number of aliphatic carboxylic acids is 1. The van der Waals surface area contributed by atoms with Gasteiger partial charge < -0.3 is 15.3 Å². The van der Waals surface area contributed by atoms with Gasteiger partial charge in [0.05, 0.1) is 17.8 Å². The predicted molar refractivity (Wildman–Crippen MR) is 68.4 cm³/mol. The molecular formula is C12H19N3O2. The number of carbonyl (C=O) groups is 1. The molecule has 1 aromatic rings. The Kier molecular flexibility index (Phi) is 4.31. The fourth-order valence-corrected chi connectivity index (χ4v) is 1.34. The van der Waals surface area contributed by atoms with Crippen molar-refractivity contribution in [1.82, 2.24) is 4.98 Å². The van der Waals surface area contributed by atoms with Gasteiger partial charge in [0, 0.05) is 20.1 Å². The monoisotopic (exact) mass is 237 g/mol. The first-order valence-electron chi connectivity index (χ1n) is 5.54. The van der Waals surface area contributed by atoms with Gasteiger partial charge in [0.25, 0.3) is 0 Å². The molecule has 0 amide bonds. The zero-order valence-corrected chi connectivity index (χ0v) is 10.6. The molecule has 0 fully saturated rings. The van der Waals surface area contributed by atoms with E-state index in [1.165, 1.54) is 0 Å². The summed E-state index contributed by atoms with van der Waals surface area (Å²) in [5.41, 5.74) is 0.830. The quantitative estimate of drug-likeness (QED) is 0.815. The molecule has 0 aliphatic heterocycles. The van der Waals surface area contributed by atoms with E-state index in [0.717, 1.165) is 11.5 Å². The van der Waals surface area contributed by atoms with Crippen LogP contribution in [0.2, 0.25) is 0 Å². The molecule has 5 nitrogen and oxygen atoms in total. The fourth-order valence-electron chi connectivity index (χ4n) is 1.34. The Bertz CT molecular complexity index is 376. The molecule has 0 radical (unpaired) electrons. The number of hydrogen-bond donors (Lipinski definition) is 2. The van der Waals surface area contributed by atoms with E-state index in [-0.39, 0.29) is 6.04 Å². The summed E-state index contributed by atoms with van der Waals surface area (Å²) in [5.74, 6) is -0.374. The van der Waals surface area contributed by atoms with Crippen molar-refractivity contribution in [2.75, 3.05) is 24.3 Å². The van der Waals surface area contributed by atoms with Crippen molar-refractivity contribution in [3.63, 3.8) is 0 Å². The standard InChI is InChI=1S/C12H19N3O2/c1-8(12(16)17)9(2)14-10-5-6-11(13-7-10)15(3)4/h5-9,14H,1-4H3,(H,16,17). The van der Waals surface area contributed by atoms with Gasteiger partial charge in [0.1, 0.15) is 5.82 Å². The van der Waals surface area contributed by atoms with Crippen LogP contribution in [0.3, 0.4) is 0 Å². The van der Waals surface area contributed by atoms with Gasteiger partial charge in [-0.1, -0.05) is 0 Å². The summed E-state index contributed by atoms with van der Waals surface area (Å²) in [5, 5.41) is 12.0. The van der Waals surface area contributed by atoms with Crippen molar-refractivity contribution < 1.29 is 9.90 Å². The second-order valence-corrected chi connectivity index (χ2v) is 4.36. The first-order chi connectivity index (χ1) is 7.91. The van der Waals surface area contributed by atoms with Gasteiger partial charge in [-0.3, -0.25) is 4.79 Å². The van der Waals surface area contributed by atoms with E-state index in [9.17, 15) is 4.79 Å². The molecule has 5 heteroatoms. The first kappa shape index (κ1) is 13.3. The summed E-state index contributed by atoms with van der Waals surface area (Å²) in [6, 6.07) is 3.65. The zero-order chi connectivity index (χ0) is 13.0. The highest BCUT2D eigenvalue weighted by Crippen LogP contribution is 2.15. The lowest BCUT2D eigenvalue weighted by Gasteiger charge is -2.19. The van der Waals surface area contributed by atoms with Crippen molar-refractivity contribution in [2.45, 2.75) is 19.9 Å². The summed E-state index contributed by atoms with van der Waals surface area (Å²) in [6.45, 7) is 3.53. The van der Waals surface area contributed by atoms with Gasteiger partial charge in [0.2, 0.25) is 0 Å². The summed E-state index contributed by atoms with van der Waals surface area (Å²) in [4.78, 5) is 17.0. The average molecular weight is 237 g/mol. The van der Waals surface area contributed by atoms with E-state index < -0.39 is 11.9 Å². The summed E-state index contributed by atoms with van der Waals surface area (Å²) < 4.78 is 0. The Balaban J connectivity index is 2.66. The van der Waals surface area contributed by atoms with Crippen LogP contribution in [-0.2, 0) is 4.79 Å². The maximum absolute atomic E-state index is 10.8.